The van der Waals surface area contributed by atoms with Gasteiger partial charge in [0.25, 0.3) is 0 Å². The fraction of sp³-hybridized carbons (Fsp3) is 0.414. The van der Waals surface area contributed by atoms with Gasteiger partial charge in [-0.05, 0) is 53.8 Å². The Morgan fingerprint density at radius 3 is 1.94 bits per heavy atom. The van der Waals surface area contributed by atoms with Crippen LogP contribution in [0.5, 0.6) is 0 Å². The number of Topliss-reactive ketones (excluding diaryl/α,β-unsaturated/α-hetero) is 1. The maximum atomic E-state index is 13.8. The van der Waals surface area contributed by atoms with E-state index in [-0.39, 0.29) is 21.7 Å². The molecule has 3 aliphatic carbocycles. The van der Waals surface area contributed by atoms with Crippen molar-refractivity contribution < 1.29 is 9.21 Å². The average molecular weight is 443 g/mol. The van der Waals surface area contributed by atoms with E-state index in [9.17, 15) is 4.79 Å². The van der Waals surface area contributed by atoms with Crippen molar-refractivity contribution in [2.45, 2.75) is 58.0 Å². The largest absolute Gasteiger partial charge is 0.461 e. The van der Waals surface area contributed by atoms with Crippen molar-refractivity contribution in [1.82, 2.24) is 0 Å². The van der Waals surface area contributed by atoms with Gasteiger partial charge in [0.1, 0.15) is 8.07 Å². The maximum Gasteiger partial charge on any atom is 0.204 e. The molecule has 3 aliphatic rings. The van der Waals surface area contributed by atoms with Crippen molar-refractivity contribution in [3.8, 4) is 0 Å². The van der Waals surface area contributed by atoms with Crippen molar-refractivity contribution in [2.24, 2.45) is 16.7 Å². The number of ketones is 1. The molecule has 2 nitrogen and oxygen atoms in total. The summed E-state index contributed by atoms with van der Waals surface area (Å²) in [5.74, 6) is 1.44. The Hall–Kier alpha value is -2.39. The van der Waals surface area contributed by atoms with Crippen molar-refractivity contribution in [1.29, 1.82) is 0 Å². The molecule has 0 aliphatic heterocycles. The van der Waals surface area contributed by atoms with Gasteiger partial charge in [0.05, 0.1) is 6.26 Å². The summed E-state index contributed by atoms with van der Waals surface area (Å²) in [6, 6.07) is 27.1. The molecule has 32 heavy (non-hydrogen) atoms. The van der Waals surface area contributed by atoms with Gasteiger partial charge in [0.15, 0.2) is 5.76 Å². The van der Waals surface area contributed by atoms with Gasteiger partial charge in [-0.2, -0.15) is 0 Å². The van der Waals surface area contributed by atoms with E-state index < -0.39 is 8.07 Å². The predicted molar refractivity (Wildman–Crippen MR) is 133 cm³/mol. The van der Waals surface area contributed by atoms with Crippen LogP contribution in [0.2, 0.25) is 11.1 Å². The van der Waals surface area contributed by atoms with E-state index in [0.717, 1.165) is 25.3 Å². The highest BCUT2D eigenvalue weighted by Crippen LogP contribution is 2.72. The monoisotopic (exact) mass is 442 g/mol. The fourth-order valence-corrected chi connectivity index (χ4v) is 13.5. The average Bonchev–Trinajstić information content (AvgIpc) is 3.45. The second-order valence-corrected chi connectivity index (χ2v) is 16.3. The molecule has 2 bridgehead atoms. The molecule has 0 unspecified atom stereocenters. The van der Waals surface area contributed by atoms with Gasteiger partial charge in [0, 0.05) is 5.41 Å². The van der Waals surface area contributed by atoms with E-state index in [1.54, 1.807) is 6.26 Å². The molecule has 1 aromatic heterocycles. The number of carbonyl (C=O) groups excluding carboxylic acids is 1. The number of furan rings is 1. The van der Waals surface area contributed by atoms with Gasteiger partial charge in [-0.25, -0.2) is 0 Å². The number of rotatable bonds is 6. The Balaban J connectivity index is 1.68. The highest BCUT2D eigenvalue weighted by Gasteiger charge is 2.70. The second-order valence-electron chi connectivity index (χ2n) is 11.5. The van der Waals surface area contributed by atoms with E-state index in [4.69, 9.17) is 4.42 Å². The molecule has 0 spiro atoms. The molecule has 3 fully saturated rings. The van der Waals surface area contributed by atoms with Crippen molar-refractivity contribution in [2.75, 3.05) is 0 Å². The molecular formula is C29H34O2Si. The van der Waals surface area contributed by atoms with Crippen LogP contribution in [-0.4, -0.2) is 13.9 Å². The molecular weight excluding hydrogens is 408 g/mol. The summed E-state index contributed by atoms with van der Waals surface area (Å²) in [6.45, 7) is 9.68. The first kappa shape index (κ1) is 21.5. The standard InChI is InChI=1S/C29H34O2Si/c1-27(2,3)32(23-12-7-5-8-13-23,24-14-9-6-10-15-24)21-28(4)18-22-19-29(28,20-22)26(30)25-16-11-17-31-25/h5-17,22H,18-21H2,1-4H3/t22?,28-,29?/m0/s1. The zero-order valence-corrected chi connectivity index (χ0v) is 20.7. The molecule has 166 valence electrons. The highest BCUT2D eigenvalue weighted by atomic mass is 28.3. The molecule has 3 heteroatoms. The summed E-state index contributed by atoms with van der Waals surface area (Å²) < 4.78 is 5.62. The Morgan fingerprint density at radius 2 is 1.47 bits per heavy atom. The van der Waals surface area contributed by atoms with E-state index in [1.165, 1.54) is 10.4 Å². The van der Waals surface area contributed by atoms with Crippen molar-refractivity contribution in [3.63, 3.8) is 0 Å². The number of hydrogen-bond acceptors (Lipinski definition) is 2. The summed E-state index contributed by atoms with van der Waals surface area (Å²) in [7, 11) is -2.26. The third kappa shape index (κ3) is 2.93. The van der Waals surface area contributed by atoms with Crippen LogP contribution in [-0.2, 0) is 0 Å². The first-order valence-corrected chi connectivity index (χ1v) is 14.1. The highest BCUT2D eigenvalue weighted by molar-refractivity contribution is 7.04. The Bertz CT molecular complexity index is 1050. The van der Waals surface area contributed by atoms with E-state index in [2.05, 4.69) is 88.4 Å². The molecule has 1 atom stereocenters. The lowest BCUT2D eigenvalue weighted by molar-refractivity contribution is 0.0357. The van der Waals surface area contributed by atoms with Crippen molar-refractivity contribution >= 4 is 24.2 Å². The minimum Gasteiger partial charge on any atom is -0.461 e. The number of benzene rings is 2. The van der Waals surface area contributed by atoms with Crippen LogP contribution in [0.15, 0.2) is 83.5 Å². The lowest BCUT2D eigenvalue weighted by Gasteiger charge is -2.52. The summed E-state index contributed by atoms with van der Waals surface area (Å²) in [5, 5.41) is 3.05. The zero-order chi connectivity index (χ0) is 22.6. The first-order valence-electron chi connectivity index (χ1n) is 11.9. The number of hydrogen-bond donors (Lipinski definition) is 0. The quantitative estimate of drug-likeness (QED) is 0.330. The van der Waals surface area contributed by atoms with Gasteiger partial charge in [0.2, 0.25) is 5.78 Å². The number of carbonyl (C=O) groups is 1. The minimum atomic E-state index is -2.26. The van der Waals surface area contributed by atoms with Gasteiger partial charge in [-0.3, -0.25) is 4.79 Å². The molecule has 0 saturated heterocycles. The summed E-state index contributed by atoms with van der Waals surface area (Å²) in [6.07, 6.45) is 4.81. The second kappa shape index (κ2) is 7.31. The maximum absolute atomic E-state index is 13.8. The summed E-state index contributed by atoms with van der Waals surface area (Å²) in [4.78, 5) is 13.8. The lowest BCUT2D eigenvalue weighted by atomic mass is 9.59. The van der Waals surface area contributed by atoms with Crippen LogP contribution in [0.3, 0.4) is 0 Å². The molecule has 1 heterocycles. The predicted octanol–water partition coefficient (Wildman–Crippen LogP) is 6.33. The van der Waals surface area contributed by atoms with Gasteiger partial charge in [-0.15, -0.1) is 0 Å². The minimum absolute atomic E-state index is 0.0350. The van der Waals surface area contributed by atoms with Crippen LogP contribution in [0.25, 0.3) is 0 Å². The molecule has 3 saturated carbocycles. The third-order valence-corrected chi connectivity index (χ3v) is 15.3. The Morgan fingerprint density at radius 1 is 0.906 bits per heavy atom. The van der Waals surface area contributed by atoms with Gasteiger partial charge in [-0.1, -0.05) is 98.7 Å². The molecule has 3 aromatic rings. The van der Waals surface area contributed by atoms with Crippen LogP contribution in [0, 0.1) is 16.7 Å². The van der Waals surface area contributed by atoms with Crippen molar-refractivity contribution in [3.05, 3.63) is 84.8 Å². The molecule has 0 amide bonds. The molecule has 2 aromatic carbocycles. The van der Waals surface area contributed by atoms with E-state index in [0.29, 0.717) is 11.7 Å². The SMILES string of the molecule is CC(C)(C)[Si](C[C@]1(C)CC2CC1(C(=O)c1ccco1)C2)(c1ccccc1)c1ccccc1. The first-order chi connectivity index (χ1) is 15.2. The van der Waals surface area contributed by atoms with Gasteiger partial charge < -0.3 is 4.42 Å². The topological polar surface area (TPSA) is 30.2 Å². The van der Waals surface area contributed by atoms with Crippen LogP contribution >= 0.6 is 0 Å². The van der Waals surface area contributed by atoms with Crippen LogP contribution in [0.4, 0.5) is 0 Å². The lowest BCUT2D eigenvalue weighted by Crippen LogP contribution is -2.67. The van der Waals surface area contributed by atoms with E-state index >= 15 is 0 Å². The number of fused-ring (bicyclic) bond motifs is 1. The Kier molecular flexibility index (Phi) is 4.90. The fourth-order valence-electron chi connectivity index (χ4n) is 7.27. The smallest absolute Gasteiger partial charge is 0.204 e. The normalized spacial score (nSPS) is 27.2. The van der Waals surface area contributed by atoms with E-state index in [1.807, 2.05) is 12.1 Å². The third-order valence-electron chi connectivity index (χ3n) is 8.82. The van der Waals surface area contributed by atoms with Crippen LogP contribution in [0.1, 0.15) is 57.5 Å². The molecule has 0 radical (unpaired) electrons. The summed E-state index contributed by atoms with van der Waals surface area (Å²) in [5.41, 5.74) is -0.324. The summed E-state index contributed by atoms with van der Waals surface area (Å²) >= 11 is 0. The molecule has 0 N–H and O–H groups in total. The Labute approximate surface area is 193 Å². The zero-order valence-electron chi connectivity index (χ0n) is 19.7. The molecule has 6 rings (SSSR count). The van der Waals surface area contributed by atoms with Gasteiger partial charge >= 0.3 is 0 Å². The van der Waals surface area contributed by atoms with Crippen LogP contribution < -0.4 is 10.4 Å².